The minimum absolute atomic E-state index is 0.220. The summed E-state index contributed by atoms with van der Waals surface area (Å²) in [4.78, 5) is 4.33. The molecule has 1 aromatic carbocycles. The van der Waals surface area contributed by atoms with Gasteiger partial charge in [-0.1, -0.05) is 28.9 Å². The first kappa shape index (κ1) is 14.2. The molecule has 1 aromatic heterocycles. The van der Waals surface area contributed by atoms with Crippen molar-refractivity contribution in [2.45, 2.75) is 19.4 Å². The van der Waals surface area contributed by atoms with E-state index < -0.39 is 0 Å². The maximum absolute atomic E-state index is 14.0. The van der Waals surface area contributed by atoms with E-state index in [9.17, 15) is 4.39 Å². The van der Waals surface area contributed by atoms with Crippen LogP contribution in [0.15, 0.2) is 47.1 Å². The Hall–Kier alpha value is -1.26. The standard InChI is InChI=1S/C15H16BrFN2/c1-2-8-19-15(14-5-3-4-9-18-14)12-10-11(16)6-7-13(12)17/h3-7,9-10,15,19H,2,8H2,1H3. The SMILES string of the molecule is CCCNC(c1ccccn1)c1cc(Br)ccc1F. The lowest BCUT2D eigenvalue weighted by Crippen LogP contribution is -2.25. The molecule has 0 bridgehead atoms. The lowest BCUT2D eigenvalue weighted by atomic mass is 10.0. The van der Waals surface area contributed by atoms with E-state index in [2.05, 4.69) is 33.2 Å². The average Bonchev–Trinajstić information content (AvgIpc) is 2.44. The second kappa shape index (κ2) is 6.78. The van der Waals surface area contributed by atoms with E-state index >= 15 is 0 Å². The Bertz CT molecular complexity index is 531. The van der Waals surface area contributed by atoms with Crippen LogP contribution in [0.2, 0.25) is 0 Å². The molecule has 0 radical (unpaired) electrons. The highest BCUT2D eigenvalue weighted by Crippen LogP contribution is 2.26. The van der Waals surface area contributed by atoms with Gasteiger partial charge in [-0.05, 0) is 43.3 Å². The molecule has 1 N–H and O–H groups in total. The van der Waals surface area contributed by atoms with Gasteiger partial charge in [0.25, 0.3) is 0 Å². The van der Waals surface area contributed by atoms with Crippen LogP contribution >= 0.6 is 15.9 Å². The summed E-state index contributed by atoms with van der Waals surface area (Å²) in [6, 6.07) is 10.4. The van der Waals surface area contributed by atoms with Crippen molar-refractivity contribution in [1.82, 2.24) is 10.3 Å². The minimum Gasteiger partial charge on any atom is -0.305 e. The van der Waals surface area contributed by atoms with Crippen molar-refractivity contribution >= 4 is 15.9 Å². The second-order valence-electron chi connectivity index (χ2n) is 4.31. The molecule has 1 heterocycles. The van der Waals surface area contributed by atoms with Gasteiger partial charge < -0.3 is 5.32 Å². The van der Waals surface area contributed by atoms with Crippen LogP contribution in [0.5, 0.6) is 0 Å². The number of pyridine rings is 1. The normalized spacial score (nSPS) is 12.4. The van der Waals surface area contributed by atoms with E-state index in [1.165, 1.54) is 6.07 Å². The molecule has 0 saturated carbocycles. The first-order chi connectivity index (χ1) is 9.22. The topological polar surface area (TPSA) is 24.9 Å². The maximum Gasteiger partial charge on any atom is 0.128 e. The van der Waals surface area contributed by atoms with Crippen LogP contribution in [0.25, 0.3) is 0 Å². The fourth-order valence-corrected chi connectivity index (χ4v) is 2.32. The molecule has 0 saturated heterocycles. The van der Waals surface area contributed by atoms with Crippen LogP contribution < -0.4 is 5.32 Å². The molecule has 0 aliphatic heterocycles. The van der Waals surface area contributed by atoms with Crippen molar-refractivity contribution in [3.8, 4) is 0 Å². The van der Waals surface area contributed by atoms with Gasteiger partial charge in [-0.3, -0.25) is 4.98 Å². The number of aromatic nitrogens is 1. The van der Waals surface area contributed by atoms with Gasteiger partial charge in [0.1, 0.15) is 5.82 Å². The van der Waals surface area contributed by atoms with Gasteiger partial charge in [0.2, 0.25) is 0 Å². The summed E-state index contributed by atoms with van der Waals surface area (Å²) >= 11 is 3.39. The van der Waals surface area contributed by atoms with Crippen LogP contribution in [0.4, 0.5) is 4.39 Å². The molecule has 0 spiro atoms. The van der Waals surface area contributed by atoms with Gasteiger partial charge in [-0.25, -0.2) is 4.39 Å². The average molecular weight is 323 g/mol. The Morgan fingerprint density at radius 1 is 1.32 bits per heavy atom. The zero-order valence-corrected chi connectivity index (χ0v) is 12.3. The van der Waals surface area contributed by atoms with E-state index in [0.717, 1.165) is 23.1 Å². The van der Waals surface area contributed by atoms with Crippen LogP contribution in [0.1, 0.15) is 30.6 Å². The molecule has 4 heteroatoms. The van der Waals surface area contributed by atoms with Gasteiger partial charge >= 0.3 is 0 Å². The third kappa shape index (κ3) is 3.61. The van der Waals surface area contributed by atoms with Crippen molar-refractivity contribution in [2.24, 2.45) is 0 Å². The lowest BCUT2D eigenvalue weighted by Gasteiger charge is -2.19. The Morgan fingerprint density at radius 3 is 2.84 bits per heavy atom. The molecule has 19 heavy (non-hydrogen) atoms. The quantitative estimate of drug-likeness (QED) is 0.897. The number of halogens is 2. The van der Waals surface area contributed by atoms with E-state index in [-0.39, 0.29) is 11.9 Å². The predicted octanol–water partition coefficient (Wildman–Crippen LogP) is 4.07. The summed E-state index contributed by atoms with van der Waals surface area (Å²) in [6.07, 6.45) is 2.71. The molecule has 2 rings (SSSR count). The molecule has 0 aliphatic carbocycles. The number of rotatable bonds is 5. The van der Waals surface area contributed by atoms with Crippen LogP contribution in [0.3, 0.4) is 0 Å². The van der Waals surface area contributed by atoms with Crippen molar-refractivity contribution in [2.75, 3.05) is 6.54 Å². The number of hydrogen-bond donors (Lipinski definition) is 1. The molecule has 100 valence electrons. The third-order valence-corrected chi connectivity index (χ3v) is 3.34. The Kier molecular flexibility index (Phi) is 5.05. The van der Waals surface area contributed by atoms with Crippen LogP contribution in [-0.2, 0) is 0 Å². The van der Waals surface area contributed by atoms with E-state index in [4.69, 9.17) is 0 Å². The summed E-state index contributed by atoms with van der Waals surface area (Å²) in [5, 5.41) is 3.35. The number of benzene rings is 1. The molecule has 2 aromatic rings. The monoisotopic (exact) mass is 322 g/mol. The second-order valence-corrected chi connectivity index (χ2v) is 5.22. The Balaban J connectivity index is 2.40. The van der Waals surface area contributed by atoms with Crippen LogP contribution in [0, 0.1) is 5.82 Å². The minimum atomic E-state index is -0.223. The molecule has 1 atom stereocenters. The highest BCUT2D eigenvalue weighted by molar-refractivity contribution is 9.10. The first-order valence-electron chi connectivity index (χ1n) is 6.31. The summed E-state index contributed by atoms with van der Waals surface area (Å²) in [5.41, 5.74) is 1.44. The van der Waals surface area contributed by atoms with Crippen molar-refractivity contribution in [1.29, 1.82) is 0 Å². The molecule has 0 amide bonds. The zero-order valence-electron chi connectivity index (χ0n) is 10.7. The molecule has 1 unspecified atom stereocenters. The fourth-order valence-electron chi connectivity index (χ4n) is 1.95. The molecular weight excluding hydrogens is 307 g/mol. The van der Waals surface area contributed by atoms with Gasteiger partial charge in [0.05, 0.1) is 11.7 Å². The van der Waals surface area contributed by atoms with Gasteiger partial charge in [-0.2, -0.15) is 0 Å². The van der Waals surface area contributed by atoms with Crippen molar-refractivity contribution in [3.05, 3.63) is 64.1 Å². The highest BCUT2D eigenvalue weighted by atomic mass is 79.9. The van der Waals surface area contributed by atoms with Crippen molar-refractivity contribution < 1.29 is 4.39 Å². The largest absolute Gasteiger partial charge is 0.305 e. The fraction of sp³-hybridized carbons (Fsp3) is 0.267. The first-order valence-corrected chi connectivity index (χ1v) is 7.11. The molecular formula is C15H16BrFN2. The zero-order chi connectivity index (χ0) is 13.7. The number of hydrogen-bond acceptors (Lipinski definition) is 2. The van der Waals surface area contributed by atoms with Gasteiger partial charge in [-0.15, -0.1) is 0 Å². The van der Waals surface area contributed by atoms with Gasteiger partial charge in [0, 0.05) is 16.2 Å². The summed E-state index contributed by atoms with van der Waals surface area (Å²) in [7, 11) is 0. The van der Waals surface area contributed by atoms with Crippen LogP contribution in [-0.4, -0.2) is 11.5 Å². The van der Waals surface area contributed by atoms with E-state index in [1.54, 1.807) is 18.3 Å². The summed E-state index contributed by atoms with van der Waals surface area (Å²) < 4.78 is 14.9. The molecule has 0 aliphatic rings. The number of nitrogens with one attached hydrogen (secondary N) is 1. The molecule has 2 nitrogen and oxygen atoms in total. The lowest BCUT2D eigenvalue weighted by molar-refractivity contribution is 0.539. The highest BCUT2D eigenvalue weighted by Gasteiger charge is 2.18. The smallest absolute Gasteiger partial charge is 0.128 e. The van der Waals surface area contributed by atoms with E-state index in [1.807, 2.05) is 18.2 Å². The van der Waals surface area contributed by atoms with E-state index in [0.29, 0.717) is 5.56 Å². The summed E-state index contributed by atoms with van der Waals surface area (Å²) in [5.74, 6) is -0.220. The maximum atomic E-state index is 14.0. The number of nitrogens with zero attached hydrogens (tertiary/aromatic N) is 1. The molecule has 0 fully saturated rings. The summed E-state index contributed by atoms with van der Waals surface area (Å²) in [6.45, 7) is 2.90. The third-order valence-electron chi connectivity index (χ3n) is 2.85. The van der Waals surface area contributed by atoms with Gasteiger partial charge in [0.15, 0.2) is 0 Å². The Morgan fingerprint density at radius 2 is 2.16 bits per heavy atom. The predicted molar refractivity (Wildman–Crippen MR) is 78.5 cm³/mol. The Labute approximate surface area is 121 Å². The van der Waals surface area contributed by atoms with Crippen molar-refractivity contribution in [3.63, 3.8) is 0 Å².